The van der Waals surface area contributed by atoms with Gasteiger partial charge in [-0.05, 0) is 12.3 Å². The molecule has 0 aliphatic carbocycles. The van der Waals surface area contributed by atoms with E-state index >= 15 is 0 Å². The van der Waals surface area contributed by atoms with Crippen LogP contribution in [0.2, 0.25) is 0 Å². The Kier molecular flexibility index (Phi) is 5.15. The molecule has 0 aromatic carbocycles. The van der Waals surface area contributed by atoms with Gasteiger partial charge in [-0.25, -0.2) is 0 Å². The predicted octanol–water partition coefficient (Wildman–Crippen LogP) is 1.91. The Morgan fingerprint density at radius 1 is 1.60 bits per heavy atom. The second-order valence-electron chi connectivity index (χ2n) is 4.07. The summed E-state index contributed by atoms with van der Waals surface area (Å²) < 4.78 is 0. The van der Waals surface area contributed by atoms with Crippen molar-refractivity contribution in [3.05, 3.63) is 0 Å². The zero-order valence-corrected chi connectivity index (χ0v) is 10.3. The van der Waals surface area contributed by atoms with E-state index in [4.69, 9.17) is 0 Å². The molecule has 1 saturated heterocycles. The van der Waals surface area contributed by atoms with Crippen LogP contribution in [-0.4, -0.2) is 34.8 Å². The lowest BCUT2D eigenvalue weighted by Gasteiger charge is -2.15. The molecule has 1 amide bonds. The Bertz CT molecular complexity index is 243. The number of amides is 1. The van der Waals surface area contributed by atoms with Crippen LogP contribution in [0.3, 0.4) is 0 Å². The van der Waals surface area contributed by atoms with Crippen molar-refractivity contribution in [3.8, 4) is 0 Å². The molecule has 1 heterocycles. The lowest BCUT2D eigenvalue weighted by Crippen LogP contribution is -2.26. The van der Waals surface area contributed by atoms with Crippen LogP contribution in [0.15, 0.2) is 0 Å². The minimum atomic E-state index is 0.148. The summed E-state index contributed by atoms with van der Waals surface area (Å²) in [5, 5.41) is 0.148. The number of hydrogen-bond donors (Lipinski definition) is 0. The van der Waals surface area contributed by atoms with E-state index < -0.39 is 0 Å². The van der Waals surface area contributed by atoms with Crippen molar-refractivity contribution in [2.24, 2.45) is 5.92 Å². The van der Waals surface area contributed by atoms with E-state index in [9.17, 15) is 9.59 Å². The fraction of sp³-hybridized carbons (Fsp3) is 0.818. The molecule has 1 unspecified atom stereocenters. The summed E-state index contributed by atoms with van der Waals surface area (Å²) in [6.07, 6.45) is 2.83. The quantitative estimate of drug-likeness (QED) is 0.722. The maximum absolute atomic E-state index is 11.6. The van der Waals surface area contributed by atoms with Gasteiger partial charge in [0.25, 0.3) is 0 Å². The molecule has 1 fully saturated rings. The molecule has 15 heavy (non-hydrogen) atoms. The van der Waals surface area contributed by atoms with Gasteiger partial charge in [0, 0.05) is 32.2 Å². The first-order valence-electron chi connectivity index (χ1n) is 5.54. The standard InChI is InChI=1S/C11H19NO2S/c1-3-4-5-12-7-10(6-11(12)14)8-15-9(2)13/h10H,3-8H2,1-2H3. The van der Waals surface area contributed by atoms with Crippen LogP contribution < -0.4 is 0 Å². The van der Waals surface area contributed by atoms with Gasteiger partial charge in [0.2, 0.25) is 5.91 Å². The van der Waals surface area contributed by atoms with Gasteiger partial charge in [-0.3, -0.25) is 9.59 Å². The fourth-order valence-electron chi connectivity index (χ4n) is 1.77. The molecule has 0 aromatic heterocycles. The van der Waals surface area contributed by atoms with Crippen molar-refractivity contribution in [1.29, 1.82) is 0 Å². The second kappa shape index (κ2) is 6.16. The third-order valence-corrected chi connectivity index (χ3v) is 3.64. The molecule has 0 N–H and O–H groups in total. The Balaban J connectivity index is 2.28. The van der Waals surface area contributed by atoms with Crippen LogP contribution in [0.4, 0.5) is 0 Å². The first kappa shape index (κ1) is 12.6. The SMILES string of the molecule is CCCCN1CC(CSC(C)=O)CC1=O. The highest BCUT2D eigenvalue weighted by Crippen LogP contribution is 2.22. The maximum Gasteiger partial charge on any atom is 0.222 e. The number of nitrogens with zero attached hydrogens (tertiary/aromatic N) is 1. The smallest absolute Gasteiger partial charge is 0.222 e. The van der Waals surface area contributed by atoms with E-state index in [-0.39, 0.29) is 11.0 Å². The monoisotopic (exact) mass is 229 g/mol. The molecule has 1 rings (SSSR count). The van der Waals surface area contributed by atoms with Crippen LogP contribution in [-0.2, 0) is 9.59 Å². The third-order valence-electron chi connectivity index (χ3n) is 2.60. The Labute approximate surface area is 95.6 Å². The van der Waals surface area contributed by atoms with E-state index in [2.05, 4.69) is 6.92 Å². The number of carbonyl (C=O) groups is 2. The van der Waals surface area contributed by atoms with Crippen molar-refractivity contribution >= 4 is 22.8 Å². The molecule has 4 heteroatoms. The Morgan fingerprint density at radius 3 is 2.93 bits per heavy atom. The number of carbonyl (C=O) groups excluding carboxylic acids is 2. The van der Waals surface area contributed by atoms with Gasteiger partial charge in [-0.1, -0.05) is 25.1 Å². The van der Waals surface area contributed by atoms with Crippen LogP contribution >= 0.6 is 11.8 Å². The van der Waals surface area contributed by atoms with Crippen molar-refractivity contribution in [2.75, 3.05) is 18.8 Å². The zero-order chi connectivity index (χ0) is 11.3. The summed E-state index contributed by atoms with van der Waals surface area (Å²) in [4.78, 5) is 24.3. The van der Waals surface area contributed by atoms with Crippen LogP contribution in [0.1, 0.15) is 33.1 Å². The Hall–Kier alpha value is -0.510. The lowest BCUT2D eigenvalue weighted by molar-refractivity contribution is -0.127. The van der Waals surface area contributed by atoms with Crippen LogP contribution in [0, 0.1) is 5.92 Å². The molecule has 0 aromatic rings. The number of likely N-dealkylation sites (tertiary alicyclic amines) is 1. The number of unbranched alkanes of at least 4 members (excludes halogenated alkanes) is 1. The first-order chi connectivity index (χ1) is 7.13. The number of rotatable bonds is 5. The first-order valence-corrected chi connectivity index (χ1v) is 6.53. The molecular formula is C11H19NO2S. The van der Waals surface area contributed by atoms with Gasteiger partial charge >= 0.3 is 0 Å². The minimum Gasteiger partial charge on any atom is -0.342 e. The predicted molar refractivity (Wildman–Crippen MR) is 62.7 cm³/mol. The molecule has 1 aliphatic heterocycles. The normalized spacial score (nSPS) is 21.1. The maximum atomic E-state index is 11.6. The number of thioether (sulfide) groups is 1. The van der Waals surface area contributed by atoms with E-state index in [0.29, 0.717) is 12.3 Å². The molecule has 0 spiro atoms. The summed E-state index contributed by atoms with van der Waals surface area (Å²) in [6.45, 7) is 5.44. The van der Waals surface area contributed by atoms with E-state index in [0.717, 1.165) is 31.7 Å². The highest BCUT2D eigenvalue weighted by Gasteiger charge is 2.28. The van der Waals surface area contributed by atoms with E-state index in [1.165, 1.54) is 11.8 Å². The van der Waals surface area contributed by atoms with Crippen molar-refractivity contribution in [1.82, 2.24) is 4.90 Å². The van der Waals surface area contributed by atoms with Crippen molar-refractivity contribution in [3.63, 3.8) is 0 Å². The fourth-order valence-corrected chi connectivity index (χ4v) is 2.46. The summed E-state index contributed by atoms with van der Waals surface area (Å²) in [6, 6.07) is 0. The van der Waals surface area contributed by atoms with Gasteiger partial charge in [0.1, 0.15) is 0 Å². The molecular weight excluding hydrogens is 210 g/mol. The minimum absolute atomic E-state index is 0.148. The summed E-state index contributed by atoms with van der Waals surface area (Å²) in [5.41, 5.74) is 0. The average molecular weight is 229 g/mol. The van der Waals surface area contributed by atoms with Crippen LogP contribution in [0.5, 0.6) is 0 Å². The van der Waals surface area contributed by atoms with Gasteiger partial charge in [-0.2, -0.15) is 0 Å². The van der Waals surface area contributed by atoms with Gasteiger partial charge in [0.05, 0.1) is 0 Å². The van der Waals surface area contributed by atoms with Gasteiger partial charge in [-0.15, -0.1) is 0 Å². The zero-order valence-electron chi connectivity index (χ0n) is 9.49. The van der Waals surface area contributed by atoms with Gasteiger partial charge in [0.15, 0.2) is 5.12 Å². The molecule has 3 nitrogen and oxygen atoms in total. The van der Waals surface area contributed by atoms with Crippen LogP contribution in [0.25, 0.3) is 0 Å². The van der Waals surface area contributed by atoms with Gasteiger partial charge < -0.3 is 4.90 Å². The highest BCUT2D eigenvalue weighted by atomic mass is 32.2. The summed E-state index contributed by atoms with van der Waals surface area (Å²) in [7, 11) is 0. The second-order valence-corrected chi connectivity index (χ2v) is 5.26. The van der Waals surface area contributed by atoms with E-state index in [1.807, 2.05) is 4.90 Å². The summed E-state index contributed by atoms with van der Waals surface area (Å²) in [5.74, 6) is 1.44. The Morgan fingerprint density at radius 2 is 2.33 bits per heavy atom. The highest BCUT2D eigenvalue weighted by molar-refractivity contribution is 8.13. The molecule has 1 aliphatic rings. The molecule has 1 atom stereocenters. The van der Waals surface area contributed by atoms with E-state index in [1.54, 1.807) is 6.92 Å². The third kappa shape index (κ3) is 4.24. The lowest BCUT2D eigenvalue weighted by atomic mass is 10.1. The molecule has 86 valence electrons. The van der Waals surface area contributed by atoms with Crippen molar-refractivity contribution in [2.45, 2.75) is 33.1 Å². The summed E-state index contributed by atoms with van der Waals surface area (Å²) >= 11 is 1.34. The topological polar surface area (TPSA) is 37.4 Å². The largest absolute Gasteiger partial charge is 0.342 e. The number of hydrogen-bond acceptors (Lipinski definition) is 3. The molecule has 0 saturated carbocycles. The molecule has 0 bridgehead atoms. The van der Waals surface area contributed by atoms with Crippen molar-refractivity contribution < 1.29 is 9.59 Å². The molecule has 0 radical (unpaired) electrons. The average Bonchev–Trinajstić information content (AvgIpc) is 2.53.